The summed E-state index contributed by atoms with van der Waals surface area (Å²) in [5, 5.41) is -0.0131. The molecular weight excluding hydrogens is 311 g/mol. The second-order valence-corrected chi connectivity index (χ2v) is 4.93. The molecule has 0 saturated carbocycles. The molecule has 0 bridgehead atoms. The molecule has 0 unspecified atom stereocenters. The summed E-state index contributed by atoms with van der Waals surface area (Å²) in [7, 11) is 0. The van der Waals surface area contributed by atoms with Crippen molar-refractivity contribution in [1.29, 1.82) is 0 Å². The summed E-state index contributed by atoms with van der Waals surface area (Å²) in [5.74, 6) is 0. The average molecular weight is 321 g/mol. The Balaban J connectivity index is 2.48. The minimum Gasteiger partial charge on any atom is -0.273 e. The molecule has 118 valence electrons. The van der Waals surface area contributed by atoms with Gasteiger partial charge in [0.1, 0.15) is 0 Å². The van der Waals surface area contributed by atoms with Crippen molar-refractivity contribution in [2.45, 2.75) is 13.1 Å². The maximum absolute atomic E-state index is 12.9. The summed E-state index contributed by atoms with van der Waals surface area (Å²) in [4.78, 5) is 30.2. The van der Waals surface area contributed by atoms with E-state index in [2.05, 4.69) is 9.97 Å². The SMILES string of the molecule is Cc1ncccc1-n1c(=O)[nH]c(=O)c2ccc(C(F)(F)F)cc21. The lowest BCUT2D eigenvalue weighted by Crippen LogP contribution is -2.30. The Bertz CT molecular complexity index is 1020. The minimum absolute atomic E-state index is 0.0131. The van der Waals surface area contributed by atoms with E-state index in [0.717, 1.165) is 22.8 Å². The zero-order valence-corrected chi connectivity index (χ0v) is 11.8. The van der Waals surface area contributed by atoms with Gasteiger partial charge in [-0.1, -0.05) is 0 Å². The smallest absolute Gasteiger partial charge is 0.273 e. The number of benzene rings is 1. The van der Waals surface area contributed by atoms with Gasteiger partial charge in [0, 0.05) is 6.20 Å². The molecule has 0 aliphatic heterocycles. The Labute approximate surface area is 127 Å². The number of hydrogen-bond acceptors (Lipinski definition) is 3. The van der Waals surface area contributed by atoms with Gasteiger partial charge in [-0.25, -0.2) is 4.79 Å². The lowest BCUT2D eigenvalue weighted by molar-refractivity contribution is -0.137. The lowest BCUT2D eigenvalue weighted by atomic mass is 10.1. The van der Waals surface area contributed by atoms with E-state index < -0.39 is 23.0 Å². The van der Waals surface area contributed by atoms with Crippen molar-refractivity contribution in [2.75, 3.05) is 0 Å². The van der Waals surface area contributed by atoms with Crippen LogP contribution >= 0.6 is 0 Å². The number of hydrogen-bond donors (Lipinski definition) is 1. The van der Waals surface area contributed by atoms with Crippen LogP contribution in [0, 0.1) is 6.92 Å². The zero-order chi connectivity index (χ0) is 16.8. The molecule has 3 rings (SSSR count). The van der Waals surface area contributed by atoms with Crippen molar-refractivity contribution in [3.8, 4) is 5.69 Å². The number of H-pyrrole nitrogens is 1. The molecule has 3 aromatic rings. The molecule has 0 aliphatic rings. The van der Waals surface area contributed by atoms with Crippen molar-refractivity contribution >= 4 is 10.9 Å². The van der Waals surface area contributed by atoms with Crippen LogP contribution in [-0.2, 0) is 6.18 Å². The third-order valence-electron chi connectivity index (χ3n) is 3.45. The van der Waals surface area contributed by atoms with Crippen molar-refractivity contribution in [3.63, 3.8) is 0 Å². The van der Waals surface area contributed by atoms with Crippen LogP contribution in [0.5, 0.6) is 0 Å². The van der Waals surface area contributed by atoms with Crippen molar-refractivity contribution in [1.82, 2.24) is 14.5 Å². The lowest BCUT2D eigenvalue weighted by Gasteiger charge is -2.13. The minimum atomic E-state index is -4.58. The first-order valence-corrected chi connectivity index (χ1v) is 6.57. The van der Waals surface area contributed by atoms with E-state index >= 15 is 0 Å². The first-order valence-electron chi connectivity index (χ1n) is 6.57. The van der Waals surface area contributed by atoms with Crippen LogP contribution < -0.4 is 11.2 Å². The molecule has 0 saturated heterocycles. The monoisotopic (exact) mass is 321 g/mol. The fraction of sp³-hybridized carbons (Fsp3) is 0.133. The Morgan fingerprint density at radius 1 is 1.17 bits per heavy atom. The number of pyridine rings is 1. The second-order valence-electron chi connectivity index (χ2n) is 4.93. The van der Waals surface area contributed by atoms with Gasteiger partial charge < -0.3 is 0 Å². The summed E-state index contributed by atoms with van der Waals surface area (Å²) >= 11 is 0. The standard InChI is InChI=1S/C15H10F3N3O2/c1-8-11(3-2-6-19-8)21-12-7-9(15(16,17)18)4-5-10(12)13(22)20-14(21)23/h2-7H,1H3,(H,20,22,23). The zero-order valence-electron chi connectivity index (χ0n) is 11.8. The highest BCUT2D eigenvalue weighted by molar-refractivity contribution is 5.80. The highest BCUT2D eigenvalue weighted by atomic mass is 19.4. The van der Waals surface area contributed by atoms with Gasteiger partial charge in [0.15, 0.2) is 0 Å². The molecule has 2 heterocycles. The van der Waals surface area contributed by atoms with Crippen LogP contribution in [0.15, 0.2) is 46.1 Å². The predicted molar refractivity (Wildman–Crippen MR) is 77.7 cm³/mol. The molecule has 0 amide bonds. The average Bonchev–Trinajstić information content (AvgIpc) is 2.47. The van der Waals surface area contributed by atoms with Gasteiger partial charge in [0.05, 0.1) is 27.8 Å². The van der Waals surface area contributed by atoms with Gasteiger partial charge in [-0.2, -0.15) is 13.2 Å². The number of alkyl halides is 3. The number of nitrogens with zero attached hydrogens (tertiary/aromatic N) is 2. The Morgan fingerprint density at radius 3 is 2.57 bits per heavy atom. The molecular formula is C15H10F3N3O2. The fourth-order valence-corrected chi connectivity index (χ4v) is 2.37. The second kappa shape index (κ2) is 5.08. The number of fused-ring (bicyclic) bond motifs is 1. The van der Waals surface area contributed by atoms with E-state index in [1.165, 1.54) is 6.20 Å². The molecule has 0 radical (unpaired) electrons. The van der Waals surface area contributed by atoms with Crippen molar-refractivity contribution < 1.29 is 13.2 Å². The molecule has 1 aromatic carbocycles. The van der Waals surface area contributed by atoms with Gasteiger partial charge in [0.25, 0.3) is 5.56 Å². The number of rotatable bonds is 1. The molecule has 0 atom stereocenters. The molecule has 23 heavy (non-hydrogen) atoms. The van der Waals surface area contributed by atoms with Gasteiger partial charge >= 0.3 is 11.9 Å². The summed E-state index contributed by atoms with van der Waals surface area (Å²) in [6.07, 6.45) is -3.08. The van der Waals surface area contributed by atoms with Gasteiger partial charge in [0.2, 0.25) is 0 Å². The topological polar surface area (TPSA) is 67.8 Å². The quantitative estimate of drug-likeness (QED) is 0.748. The highest BCUT2D eigenvalue weighted by Gasteiger charge is 2.31. The Hall–Kier alpha value is -2.90. The number of aromatic amines is 1. The fourth-order valence-electron chi connectivity index (χ4n) is 2.37. The molecule has 0 spiro atoms. The third kappa shape index (κ3) is 2.52. The summed E-state index contributed by atoms with van der Waals surface area (Å²) in [6.45, 7) is 1.62. The molecule has 1 N–H and O–H groups in total. The molecule has 8 heteroatoms. The van der Waals surface area contributed by atoms with Gasteiger partial charge in [-0.3, -0.25) is 19.3 Å². The first kappa shape index (κ1) is 15.0. The van der Waals surface area contributed by atoms with Crippen LogP contribution in [0.1, 0.15) is 11.3 Å². The maximum Gasteiger partial charge on any atom is 0.416 e. The van der Waals surface area contributed by atoms with Gasteiger partial charge in [-0.05, 0) is 37.3 Å². The van der Waals surface area contributed by atoms with Crippen LogP contribution in [0.25, 0.3) is 16.6 Å². The van der Waals surface area contributed by atoms with E-state index in [0.29, 0.717) is 11.4 Å². The Kier molecular flexibility index (Phi) is 3.32. The van der Waals surface area contributed by atoms with E-state index in [9.17, 15) is 22.8 Å². The molecule has 0 aliphatic carbocycles. The summed E-state index contributed by atoms with van der Waals surface area (Å²) < 4.78 is 39.9. The number of aromatic nitrogens is 3. The molecule has 2 aromatic heterocycles. The van der Waals surface area contributed by atoms with Crippen molar-refractivity contribution in [3.05, 3.63) is 68.6 Å². The first-order chi connectivity index (χ1) is 10.8. The Morgan fingerprint density at radius 2 is 1.91 bits per heavy atom. The van der Waals surface area contributed by atoms with E-state index in [1.807, 2.05) is 0 Å². The van der Waals surface area contributed by atoms with Crippen LogP contribution in [-0.4, -0.2) is 14.5 Å². The molecule has 5 nitrogen and oxygen atoms in total. The maximum atomic E-state index is 12.9. The number of nitrogens with one attached hydrogen (secondary N) is 1. The number of aryl methyl sites for hydroxylation is 1. The summed E-state index contributed by atoms with van der Waals surface area (Å²) in [5.41, 5.74) is -1.87. The third-order valence-corrected chi connectivity index (χ3v) is 3.45. The van der Waals surface area contributed by atoms with Crippen LogP contribution in [0.4, 0.5) is 13.2 Å². The van der Waals surface area contributed by atoms with Crippen LogP contribution in [0.2, 0.25) is 0 Å². The molecule has 0 fully saturated rings. The van der Waals surface area contributed by atoms with E-state index in [1.54, 1.807) is 19.1 Å². The van der Waals surface area contributed by atoms with Crippen molar-refractivity contribution in [2.24, 2.45) is 0 Å². The van der Waals surface area contributed by atoms with E-state index in [-0.39, 0.29) is 10.9 Å². The van der Waals surface area contributed by atoms with Gasteiger partial charge in [-0.15, -0.1) is 0 Å². The van der Waals surface area contributed by atoms with Crippen LogP contribution in [0.3, 0.4) is 0 Å². The number of halogens is 3. The largest absolute Gasteiger partial charge is 0.416 e. The highest BCUT2D eigenvalue weighted by Crippen LogP contribution is 2.31. The normalized spacial score (nSPS) is 11.8. The van der Waals surface area contributed by atoms with E-state index in [4.69, 9.17) is 0 Å². The summed E-state index contributed by atoms with van der Waals surface area (Å²) in [6, 6.07) is 5.75. The predicted octanol–water partition coefficient (Wildman–Crippen LogP) is 2.40.